The van der Waals surface area contributed by atoms with E-state index in [9.17, 15) is 8.78 Å². The van der Waals surface area contributed by atoms with E-state index >= 15 is 0 Å². The quantitative estimate of drug-likeness (QED) is 0.285. The molecule has 0 amide bonds. The van der Waals surface area contributed by atoms with Crippen molar-refractivity contribution in [1.82, 2.24) is 34.4 Å². The summed E-state index contributed by atoms with van der Waals surface area (Å²) in [6.45, 7) is 7.15. The molecule has 5 heterocycles. The topological polar surface area (TPSA) is 128 Å². The zero-order valence-corrected chi connectivity index (χ0v) is 23.2. The summed E-state index contributed by atoms with van der Waals surface area (Å²) in [4.78, 5) is 26.7. The molecule has 4 aromatic rings. The van der Waals surface area contributed by atoms with Gasteiger partial charge in [-0.2, -0.15) is 15.0 Å². The van der Waals surface area contributed by atoms with Gasteiger partial charge in [-0.1, -0.05) is 6.07 Å². The van der Waals surface area contributed by atoms with Crippen molar-refractivity contribution in [2.45, 2.75) is 6.43 Å². The van der Waals surface area contributed by atoms with Crippen LogP contribution in [0.1, 0.15) is 12.2 Å². The molecule has 0 atom stereocenters. The number of nitrogens with one attached hydrogen (secondary N) is 2. The highest BCUT2D eigenvalue weighted by Crippen LogP contribution is 2.32. The van der Waals surface area contributed by atoms with E-state index in [0.717, 1.165) is 45.2 Å². The molecule has 3 aromatic heterocycles. The summed E-state index contributed by atoms with van der Waals surface area (Å²) >= 11 is 0. The number of rotatable bonds is 10. The van der Waals surface area contributed by atoms with Gasteiger partial charge in [0.2, 0.25) is 17.8 Å². The first kappa shape index (κ1) is 27.9. The Kier molecular flexibility index (Phi) is 8.48. The second-order valence-electron chi connectivity index (χ2n) is 9.73. The first-order valence-electron chi connectivity index (χ1n) is 13.8. The number of ether oxygens (including phenoxy) is 3. The van der Waals surface area contributed by atoms with E-state index in [4.69, 9.17) is 14.2 Å². The van der Waals surface area contributed by atoms with Gasteiger partial charge in [0.25, 0.3) is 6.43 Å². The van der Waals surface area contributed by atoms with Crippen LogP contribution in [-0.4, -0.2) is 107 Å². The Balaban J connectivity index is 1.28. The predicted molar refractivity (Wildman–Crippen MR) is 152 cm³/mol. The highest BCUT2D eigenvalue weighted by atomic mass is 19.3. The zero-order valence-electron chi connectivity index (χ0n) is 23.2. The number of hydrogen-bond acceptors (Lipinski definition) is 12. The van der Waals surface area contributed by atoms with Crippen LogP contribution in [0.15, 0.2) is 36.5 Å². The van der Waals surface area contributed by atoms with Crippen molar-refractivity contribution < 1.29 is 23.0 Å². The number of methoxy groups -OCH3 is 1. The minimum absolute atomic E-state index is 0.00871. The number of morpholine rings is 2. The maximum absolute atomic E-state index is 14.3. The predicted octanol–water partition coefficient (Wildman–Crippen LogP) is 2.88. The number of nitrogens with zero attached hydrogens (tertiary/aromatic N) is 8. The number of fused-ring (bicyclic) bond motifs is 1. The van der Waals surface area contributed by atoms with Crippen molar-refractivity contribution in [3.8, 4) is 11.7 Å². The summed E-state index contributed by atoms with van der Waals surface area (Å²) in [5.41, 5.74) is 1.31. The van der Waals surface area contributed by atoms with Crippen molar-refractivity contribution in [2.24, 2.45) is 0 Å². The number of para-hydroxylation sites is 1. The largest absolute Gasteiger partial charge is 0.494 e. The molecular weight excluding hydrogens is 550 g/mol. The number of benzene rings is 1. The first-order valence-corrected chi connectivity index (χ1v) is 13.8. The fourth-order valence-corrected chi connectivity index (χ4v) is 4.90. The van der Waals surface area contributed by atoms with Crippen LogP contribution < -0.4 is 20.3 Å². The lowest BCUT2D eigenvalue weighted by Crippen LogP contribution is -2.39. The molecule has 2 N–H and O–H groups in total. The molecule has 0 unspecified atom stereocenters. The first-order chi connectivity index (χ1) is 20.6. The minimum atomic E-state index is -2.88. The standard InChI is InChI=1S/C27H32F2N10O3/c1-40-20-4-2-3-19-22(20)33-24(23(28)29)39(19)27-35-25(34-26(36-27)38-11-15-42-16-12-38)32-18-5-6-21(31-17-18)30-7-8-37-9-13-41-14-10-37/h2-6,17,23H,7-16H2,1H3,(H,30,31)(H,32,34,35,36). The lowest BCUT2D eigenvalue weighted by atomic mass is 10.3. The van der Waals surface area contributed by atoms with Crippen LogP contribution >= 0.6 is 0 Å². The number of pyridine rings is 1. The number of alkyl halides is 2. The summed E-state index contributed by atoms with van der Waals surface area (Å²) in [7, 11) is 1.47. The van der Waals surface area contributed by atoms with Gasteiger partial charge < -0.3 is 29.7 Å². The van der Waals surface area contributed by atoms with Crippen molar-refractivity contribution in [2.75, 3.05) is 88.3 Å². The summed E-state index contributed by atoms with van der Waals surface area (Å²) in [6.07, 6.45) is -1.22. The molecule has 2 aliphatic heterocycles. The van der Waals surface area contributed by atoms with Gasteiger partial charge >= 0.3 is 0 Å². The summed E-state index contributed by atoms with van der Waals surface area (Å²) in [6, 6.07) is 8.76. The Bertz CT molecular complexity index is 1490. The van der Waals surface area contributed by atoms with E-state index in [1.807, 2.05) is 17.0 Å². The van der Waals surface area contributed by atoms with Gasteiger partial charge in [-0.3, -0.25) is 9.47 Å². The number of aromatic nitrogens is 6. The molecule has 0 aliphatic carbocycles. The number of anilines is 4. The maximum Gasteiger partial charge on any atom is 0.296 e. The van der Waals surface area contributed by atoms with Gasteiger partial charge in [-0.05, 0) is 24.3 Å². The van der Waals surface area contributed by atoms with E-state index in [1.165, 1.54) is 11.7 Å². The van der Waals surface area contributed by atoms with Crippen molar-refractivity contribution in [3.05, 3.63) is 42.4 Å². The van der Waals surface area contributed by atoms with Gasteiger partial charge in [-0.15, -0.1) is 0 Å². The van der Waals surface area contributed by atoms with Crippen LogP contribution in [0.2, 0.25) is 0 Å². The molecule has 13 nitrogen and oxygen atoms in total. The lowest BCUT2D eigenvalue weighted by molar-refractivity contribution is 0.0398. The SMILES string of the molecule is COc1cccc2c1nc(C(F)F)n2-c1nc(Nc2ccc(NCCN3CCOCC3)nc2)nc(N2CCOCC2)n1. The molecule has 2 aliphatic rings. The van der Waals surface area contributed by atoms with E-state index in [0.29, 0.717) is 54.7 Å². The van der Waals surface area contributed by atoms with Crippen LogP contribution in [0.3, 0.4) is 0 Å². The van der Waals surface area contributed by atoms with Gasteiger partial charge in [-0.25, -0.2) is 18.7 Å². The Morgan fingerprint density at radius 1 is 0.929 bits per heavy atom. The number of halogens is 2. The zero-order chi connectivity index (χ0) is 28.9. The fourth-order valence-electron chi connectivity index (χ4n) is 4.90. The molecule has 0 radical (unpaired) electrons. The van der Waals surface area contributed by atoms with Crippen molar-refractivity contribution in [1.29, 1.82) is 0 Å². The molecule has 1 aromatic carbocycles. The molecule has 15 heteroatoms. The molecule has 0 bridgehead atoms. The van der Waals surface area contributed by atoms with E-state index < -0.39 is 12.2 Å². The normalized spacial score (nSPS) is 16.2. The second kappa shape index (κ2) is 12.8. The van der Waals surface area contributed by atoms with Gasteiger partial charge in [0.15, 0.2) is 5.82 Å². The summed E-state index contributed by atoms with van der Waals surface area (Å²) in [5.74, 6) is 1.15. The minimum Gasteiger partial charge on any atom is -0.494 e. The molecule has 6 rings (SSSR count). The number of hydrogen-bond donors (Lipinski definition) is 2. The Morgan fingerprint density at radius 2 is 1.69 bits per heavy atom. The maximum atomic E-state index is 14.3. The Hall–Kier alpha value is -4.21. The Labute approximate surface area is 240 Å². The van der Waals surface area contributed by atoms with E-state index in [-0.39, 0.29) is 11.9 Å². The van der Waals surface area contributed by atoms with Gasteiger partial charge in [0.1, 0.15) is 17.1 Å². The van der Waals surface area contributed by atoms with Crippen LogP contribution in [0.25, 0.3) is 17.0 Å². The smallest absolute Gasteiger partial charge is 0.296 e. The van der Waals surface area contributed by atoms with Gasteiger partial charge in [0.05, 0.1) is 50.9 Å². The number of imidazole rings is 1. The molecule has 42 heavy (non-hydrogen) atoms. The third-order valence-corrected chi connectivity index (χ3v) is 7.05. The second-order valence-corrected chi connectivity index (χ2v) is 9.73. The summed E-state index contributed by atoms with van der Waals surface area (Å²) < 4.78 is 46.0. The fraction of sp³-hybridized carbons (Fsp3) is 0.444. The third-order valence-electron chi connectivity index (χ3n) is 7.05. The average Bonchev–Trinajstić information content (AvgIpc) is 3.43. The van der Waals surface area contributed by atoms with Crippen LogP contribution in [0, 0.1) is 0 Å². The summed E-state index contributed by atoms with van der Waals surface area (Å²) in [5, 5.41) is 6.49. The third kappa shape index (κ3) is 6.17. The van der Waals surface area contributed by atoms with Crippen LogP contribution in [-0.2, 0) is 9.47 Å². The highest BCUT2D eigenvalue weighted by Gasteiger charge is 2.26. The molecular formula is C27H32F2N10O3. The average molecular weight is 583 g/mol. The van der Waals surface area contributed by atoms with E-state index in [1.54, 1.807) is 24.4 Å². The molecule has 0 saturated carbocycles. The monoisotopic (exact) mass is 582 g/mol. The molecule has 222 valence electrons. The van der Waals surface area contributed by atoms with Crippen LogP contribution in [0.5, 0.6) is 5.75 Å². The molecule has 2 saturated heterocycles. The van der Waals surface area contributed by atoms with Crippen molar-refractivity contribution in [3.63, 3.8) is 0 Å². The van der Waals surface area contributed by atoms with E-state index in [2.05, 4.69) is 40.5 Å². The Morgan fingerprint density at radius 3 is 2.40 bits per heavy atom. The highest BCUT2D eigenvalue weighted by molar-refractivity contribution is 5.84. The lowest BCUT2D eigenvalue weighted by Gasteiger charge is -2.27. The van der Waals surface area contributed by atoms with Gasteiger partial charge in [0, 0.05) is 39.3 Å². The van der Waals surface area contributed by atoms with Crippen LogP contribution in [0.4, 0.5) is 32.2 Å². The molecule has 2 fully saturated rings. The molecule has 0 spiro atoms. The van der Waals surface area contributed by atoms with Crippen molar-refractivity contribution >= 4 is 34.4 Å².